The van der Waals surface area contributed by atoms with Crippen molar-refractivity contribution < 1.29 is 19.1 Å². The average Bonchev–Trinajstić information content (AvgIpc) is 3.09. The molecule has 2 N–H and O–H groups in total. The van der Waals surface area contributed by atoms with Crippen LogP contribution in [0.3, 0.4) is 0 Å². The number of benzene rings is 2. The monoisotopic (exact) mass is 481 g/mol. The summed E-state index contributed by atoms with van der Waals surface area (Å²) in [6, 6.07) is 13.6. The molecule has 11 heteroatoms. The minimum absolute atomic E-state index is 0.00716. The second-order valence-corrected chi connectivity index (χ2v) is 7.50. The van der Waals surface area contributed by atoms with Crippen molar-refractivity contribution in [3.63, 3.8) is 0 Å². The smallest absolute Gasteiger partial charge is 0.335 e. The molecular weight excluding hydrogens is 462 g/mol. The second kappa shape index (κ2) is 9.36. The largest absolute Gasteiger partial charge is 0.495 e. The molecule has 0 saturated heterocycles. The van der Waals surface area contributed by atoms with E-state index in [1.807, 2.05) is 0 Å². The molecule has 34 heavy (non-hydrogen) atoms. The highest BCUT2D eigenvalue weighted by molar-refractivity contribution is 6.33. The molecule has 0 spiro atoms. The number of nitrogens with two attached hydrogens (primary N) is 1. The zero-order valence-corrected chi connectivity index (χ0v) is 19.1. The summed E-state index contributed by atoms with van der Waals surface area (Å²) in [6.45, 7) is 1.29. The Morgan fingerprint density at radius 1 is 1.09 bits per heavy atom. The predicted octanol–water partition coefficient (Wildman–Crippen LogP) is 2.57. The first-order chi connectivity index (χ1) is 16.4. The molecular formula is C23H20ClN5O5. The number of fused-ring (bicyclic) bond motifs is 1. The van der Waals surface area contributed by atoms with Crippen LogP contribution in [0.5, 0.6) is 5.75 Å². The minimum atomic E-state index is -0.907. The number of rotatable bonds is 7. The summed E-state index contributed by atoms with van der Waals surface area (Å²) in [5.41, 5.74) is 5.59. The Morgan fingerprint density at radius 2 is 1.79 bits per heavy atom. The molecule has 2 heterocycles. The molecule has 0 saturated carbocycles. The van der Waals surface area contributed by atoms with Crippen LogP contribution in [0.4, 0.5) is 0 Å². The van der Waals surface area contributed by atoms with Gasteiger partial charge in [-0.1, -0.05) is 35.9 Å². The third-order valence-corrected chi connectivity index (χ3v) is 5.37. The van der Waals surface area contributed by atoms with E-state index in [0.717, 1.165) is 4.57 Å². The Labute approximate surface area is 198 Å². The Hall–Kier alpha value is -4.18. The van der Waals surface area contributed by atoms with Gasteiger partial charge < -0.3 is 15.2 Å². The molecule has 2 aromatic carbocycles. The van der Waals surface area contributed by atoms with Gasteiger partial charge in [0.05, 0.1) is 24.4 Å². The molecule has 4 aromatic rings. The number of nitrogens with zero attached hydrogens (tertiary/aromatic N) is 4. The van der Waals surface area contributed by atoms with Crippen LogP contribution in [0.1, 0.15) is 17.4 Å². The lowest BCUT2D eigenvalue weighted by atomic mass is 10.2. The predicted molar refractivity (Wildman–Crippen MR) is 125 cm³/mol. The van der Waals surface area contributed by atoms with E-state index in [-0.39, 0.29) is 29.3 Å². The number of methoxy groups -OCH3 is 1. The maximum absolute atomic E-state index is 13.6. The number of hydrogen-bond donors (Lipinski definition) is 1. The number of hydrogen-bond acceptors (Lipinski definition) is 7. The molecule has 1 amide bonds. The van der Waals surface area contributed by atoms with Gasteiger partial charge in [-0.15, -0.1) is 0 Å². The van der Waals surface area contributed by atoms with Crippen molar-refractivity contribution in [2.45, 2.75) is 13.5 Å². The fraction of sp³-hybridized carbons (Fsp3) is 0.174. The number of amides is 1. The molecule has 0 bridgehead atoms. The highest BCUT2D eigenvalue weighted by Gasteiger charge is 2.27. The summed E-state index contributed by atoms with van der Waals surface area (Å²) in [4.78, 5) is 47.2. The summed E-state index contributed by atoms with van der Waals surface area (Å²) >= 11 is 6.34. The maximum Gasteiger partial charge on any atom is 0.335 e. The highest BCUT2D eigenvalue weighted by atomic mass is 35.5. The normalized spacial score (nSPS) is 10.9. The first-order valence-corrected chi connectivity index (χ1v) is 10.6. The number of esters is 1. The van der Waals surface area contributed by atoms with Crippen LogP contribution >= 0.6 is 11.6 Å². The maximum atomic E-state index is 13.6. The molecule has 0 unspecified atom stereocenters. The summed E-state index contributed by atoms with van der Waals surface area (Å²) < 4.78 is 12.7. The van der Waals surface area contributed by atoms with Crippen molar-refractivity contribution in [3.05, 3.63) is 69.7 Å². The first kappa shape index (κ1) is 23.0. The van der Waals surface area contributed by atoms with Gasteiger partial charge in [-0.25, -0.2) is 19.3 Å². The van der Waals surface area contributed by atoms with Crippen molar-refractivity contribution in [1.29, 1.82) is 0 Å². The van der Waals surface area contributed by atoms with Crippen LogP contribution in [0, 0.1) is 0 Å². The summed E-state index contributed by atoms with van der Waals surface area (Å²) in [5, 5.41) is 0.342. The average molecular weight is 482 g/mol. The van der Waals surface area contributed by atoms with Gasteiger partial charge in [0.15, 0.2) is 17.2 Å². The third kappa shape index (κ3) is 3.99. The number of ether oxygens (including phenoxy) is 2. The fourth-order valence-electron chi connectivity index (χ4n) is 3.60. The summed E-state index contributed by atoms with van der Waals surface area (Å²) in [7, 11) is 1.46. The Kier molecular flexibility index (Phi) is 6.33. The quantitative estimate of drug-likeness (QED) is 0.401. The Balaban J connectivity index is 2.14. The Morgan fingerprint density at radius 3 is 2.47 bits per heavy atom. The van der Waals surface area contributed by atoms with Gasteiger partial charge in [0.1, 0.15) is 17.8 Å². The van der Waals surface area contributed by atoms with Crippen molar-refractivity contribution in [3.8, 4) is 22.8 Å². The third-order valence-electron chi connectivity index (χ3n) is 5.04. The van der Waals surface area contributed by atoms with E-state index in [0.29, 0.717) is 22.0 Å². The first-order valence-electron chi connectivity index (χ1n) is 10.2. The van der Waals surface area contributed by atoms with Crippen molar-refractivity contribution in [2.75, 3.05) is 13.7 Å². The molecule has 0 fully saturated rings. The molecule has 0 atom stereocenters. The minimum Gasteiger partial charge on any atom is -0.495 e. The van der Waals surface area contributed by atoms with Crippen molar-refractivity contribution >= 4 is 34.6 Å². The van der Waals surface area contributed by atoms with Gasteiger partial charge in [0, 0.05) is 5.56 Å². The number of para-hydroxylation sites is 2. The van der Waals surface area contributed by atoms with E-state index >= 15 is 0 Å². The molecule has 2 aromatic heterocycles. The lowest BCUT2D eigenvalue weighted by molar-refractivity contribution is -0.143. The van der Waals surface area contributed by atoms with E-state index in [2.05, 4.69) is 9.97 Å². The second-order valence-electron chi connectivity index (χ2n) is 7.09. The van der Waals surface area contributed by atoms with E-state index < -0.39 is 24.1 Å². The fourth-order valence-corrected chi connectivity index (χ4v) is 3.82. The Bertz CT molecular complexity index is 1480. The zero-order valence-electron chi connectivity index (χ0n) is 18.3. The lowest BCUT2D eigenvalue weighted by Gasteiger charge is -2.10. The highest BCUT2D eigenvalue weighted by Crippen LogP contribution is 2.30. The molecule has 0 radical (unpaired) electrons. The number of primary amides is 1. The van der Waals surface area contributed by atoms with E-state index in [9.17, 15) is 14.4 Å². The van der Waals surface area contributed by atoms with Crippen LogP contribution < -0.4 is 16.2 Å². The van der Waals surface area contributed by atoms with Gasteiger partial charge in [-0.05, 0) is 31.2 Å². The molecule has 10 nitrogen and oxygen atoms in total. The molecule has 4 rings (SSSR count). The molecule has 0 aliphatic heterocycles. The van der Waals surface area contributed by atoms with Crippen LogP contribution in [0.25, 0.3) is 28.2 Å². The van der Waals surface area contributed by atoms with Gasteiger partial charge >= 0.3 is 11.7 Å². The lowest BCUT2D eigenvalue weighted by Crippen LogP contribution is -2.28. The van der Waals surface area contributed by atoms with Crippen LogP contribution in [0.2, 0.25) is 5.02 Å². The molecule has 174 valence electrons. The van der Waals surface area contributed by atoms with E-state index in [1.165, 1.54) is 11.7 Å². The van der Waals surface area contributed by atoms with Gasteiger partial charge in [-0.2, -0.15) is 0 Å². The van der Waals surface area contributed by atoms with Crippen molar-refractivity contribution in [1.82, 2.24) is 19.1 Å². The standard InChI is InChI=1S/C23H20ClN5O5/c1-3-34-17(30)12-28-19-18(20(25)31)26-21(13-8-4-5-9-14(13)24)27-22(19)29(23(28)32)15-10-6-7-11-16(15)33-2/h4-11H,3,12H2,1-2H3,(H2,25,31). The number of carbonyl (C=O) groups excluding carboxylic acids is 2. The number of aromatic nitrogens is 4. The van der Waals surface area contributed by atoms with Gasteiger partial charge in [0.2, 0.25) is 0 Å². The molecule has 0 aliphatic rings. The number of imidazole rings is 1. The summed E-state index contributed by atoms with van der Waals surface area (Å²) in [6.07, 6.45) is 0. The number of carbonyl (C=O) groups is 2. The van der Waals surface area contributed by atoms with Crippen LogP contribution in [-0.2, 0) is 16.1 Å². The number of halogens is 1. The zero-order chi connectivity index (χ0) is 24.4. The van der Waals surface area contributed by atoms with Crippen LogP contribution in [0.15, 0.2) is 53.3 Å². The van der Waals surface area contributed by atoms with E-state index in [1.54, 1.807) is 55.5 Å². The topological polar surface area (TPSA) is 131 Å². The van der Waals surface area contributed by atoms with Crippen molar-refractivity contribution in [2.24, 2.45) is 5.73 Å². The molecule has 0 aliphatic carbocycles. The van der Waals surface area contributed by atoms with E-state index in [4.69, 9.17) is 26.8 Å². The SMILES string of the molecule is CCOC(=O)Cn1c(=O)n(-c2ccccc2OC)c2nc(-c3ccccc3Cl)nc(C(N)=O)c21. The van der Waals surface area contributed by atoms with Gasteiger partial charge in [-0.3, -0.25) is 14.2 Å². The van der Waals surface area contributed by atoms with Crippen LogP contribution in [-0.4, -0.2) is 44.7 Å². The van der Waals surface area contributed by atoms with Gasteiger partial charge in [0.25, 0.3) is 5.91 Å². The summed E-state index contributed by atoms with van der Waals surface area (Å²) in [5.74, 6) is -1.12.